The van der Waals surface area contributed by atoms with Crippen LogP contribution >= 0.6 is 17.2 Å². The molecule has 0 N–H and O–H groups in total. The Hall–Kier alpha value is -0.461. The second-order valence-electron chi connectivity index (χ2n) is 25.7. The second kappa shape index (κ2) is 4.82. The molecule has 6 unspecified atom stereocenters. The second-order valence-corrected chi connectivity index (χ2v) is 52.1. The van der Waals surface area contributed by atoms with Gasteiger partial charge >= 0.3 is 299 Å². The van der Waals surface area contributed by atoms with Crippen LogP contribution in [-0.2, 0) is 11.7 Å². The molecule has 6 atom stereocenters. The molecular weight excluding hydrogens is 702 g/mol. The van der Waals surface area contributed by atoms with E-state index in [9.17, 15) is 0 Å². The van der Waals surface area contributed by atoms with E-state index in [-0.39, 0.29) is 13.1 Å². The molecule has 8 aliphatic carbocycles. The fraction of sp³-hybridized carbons (Fsp3) is 0.818. The van der Waals surface area contributed by atoms with Crippen LogP contribution in [0.25, 0.3) is 0 Å². The summed E-state index contributed by atoms with van der Waals surface area (Å²) in [6.07, 6.45) is 26.2. The summed E-state index contributed by atoms with van der Waals surface area (Å²) in [5.41, 5.74) is 2.66. The Labute approximate surface area is 297 Å². The minimum absolute atomic E-state index is 0.00254. The zero-order chi connectivity index (χ0) is 33.2. The number of fused-ring (bicyclic) bond motifs is 10. The third-order valence-corrected chi connectivity index (χ3v) is 78.4. The Balaban J connectivity index is 0.925. The van der Waals surface area contributed by atoms with Crippen LogP contribution in [0.3, 0.4) is 0 Å². The van der Waals surface area contributed by atoms with Crippen LogP contribution in [0.1, 0.15) is 96.6 Å². The Morgan fingerprint density at radius 3 is 1.37 bits per heavy atom. The molecule has 12 heterocycles. The van der Waals surface area contributed by atoms with E-state index in [0.29, 0.717) is 14.0 Å². The number of hydrogen-bond donors (Lipinski definition) is 0. The van der Waals surface area contributed by atoms with Gasteiger partial charge < -0.3 is 0 Å². The molecule has 10 saturated heterocycles. The predicted octanol–water partition coefficient (Wildman–Crippen LogP) is 11.1. The first-order valence-electron chi connectivity index (χ1n) is 21.8. The number of aromatic nitrogens is 4. The van der Waals surface area contributed by atoms with Gasteiger partial charge in [-0.1, -0.05) is 0 Å². The Morgan fingerprint density at radius 1 is 0.627 bits per heavy atom. The molecule has 2 aromatic heterocycles. The van der Waals surface area contributed by atoms with E-state index in [1.54, 1.807) is 70.4 Å². The van der Waals surface area contributed by atoms with Crippen molar-refractivity contribution in [3.63, 3.8) is 0 Å². The van der Waals surface area contributed by atoms with Crippen molar-refractivity contribution in [2.75, 3.05) is 6.16 Å². The van der Waals surface area contributed by atoms with Gasteiger partial charge in [0.1, 0.15) is 0 Å². The first kappa shape index (κ1) is 27.2. The van der Waals surface area contributed by atoms with E-state index in [0.717, 1.165) is 79.4 Å². The molecule has 4 nitrogen and oxygen atoms in total. The molecular formula is C44H56FeN4P2. The van der Waals surface area contributed by atoms with Crippen LogP contribution in [0.15, 0.2) is 36.9 Å². The van der Waals surface area contributed by atoms with Crippen LogP contribution in [0, 0.1) is 52.8 Å². The normalized spacial score (nSPS) is 73.4. The maximum atomic E-state index is 5.33. The van der Waals surface area contributed by atoms with Gasteiger partial charge in [0.15, 0.2) is 0 Å². The molecule has 2 aromatic rings. The molecule has 18 aliphatic rings. The molecule has 7 heteroatoms. The molecule has 0 amide bonds. The summed E-state index contributed by atoms with van der Waals surface area (Å²) in [6.45, 7) is 3.92. The van der Waals surface area contributed by atoms with Gasteiger partial charge in [0.2, 0.25) is 0 Å². The Bertz CT molecular complexity index is 2350. The first-order chi connectivity index (χ1) is 24.5. The van der Waals surface area contributed by atoms with Crippen LogP contribution in [0.4, 0.5) is 0 Å². The molecule has 270 valence electrons. The van der Waals surface area contributed by atoms with E-state index >= 15 is 0 Å². The standard InChI is InChI=1S/C39H51N4P2.C5H5.Fe/c1-38(2,3)32-20-31(33(21-32)39(44,36-40-6-4-7-41-36)37-42-8-5-9-43-37)22-45(34-27-12-23-10-24(14-27)15-28(34)13-23)35-29-16-25-11-26(18-29)19-30(35)17-25;1-2-4-5-3-1;/h4-9,20-21,23-30,34-35H,10-19,22,44H2,1-3H3;1-5H;. The van der Waals surface area contributed by atoms with Gasteiger partial charge in [0.25, 0.3) is 0 Å². The van der Waals surface area contributed by atoms with Crippen LogP contribution < -0.4 is 0 Å². The number of rotatable bonds is 7. The first-order valence-corrected chi connectivity index (χ1v) is 30.1. The summed E-state index contributed by atoms with van der Waals surface area (Å²) < 4.78 is 1.83. The SMILES string of the molecule is CC(C)(C)[C]12[CH]3[C]4(CP(C5C6CC7CC(C6)CC5C7)C5C6CC7CC(C6)CC5C7)[C]5(C(P)(c6ncccn6)c6ncccn6)[CH]1[Fe]34251678[CH]2[CH]1[CH]6[CH]7[CH]28. The summed E-state index contributed by atoms with van der Waals surface area (Å²) in [4.78, 5) is 29.5. The molecule has 10 aliphatic heterocycles. The third-order valence-electron chi connectivity index (χ3n) is 28.4. The molecule has 8 bridgehead atoms. The van der Waals surface area contributed by atoms with Crippen molar-refractivity contribution in [1.29, 1.82) is 0 Å². The van der Waals surface area contributed by atoms with Crippen molar-refractivity contribution in [3.8, 4) is 0 Å². The third kappa shape index (κ3) is 0.891. The van der Waals surface area contributed by atoms with Crippen molar-refractivity contribution in [1.82, 2.24) is 19.9 Å². The monoisotopic (exact) mass is 758 g/mol. The minimum atomic E-state index is -4.41. The van der Waals surface area contributed by atoms with Gasteiger partial charge in [0, 0.05) is 0 Å². The van der Waals surface area contributed by atoms with Gasteiger partial charge in [-0.2, -0.15) is 0 Å². The zero-order valence-electron chi connectivity index (χ0n) is 30.7. The summed E-state index contributed by atoms with van der Waals surface area (Å²) in [6, 6.07) is 4.12. The Morgan fingerprint density at radius 2 is 1.02 bits per heavy atom. The zero-order valence-corrected chi connectivity index (χ0v) is 33.9. The molecule has 0 radical (unpaired) electrons. The van der Waals surface area contributed by atoms with Crippen LogP contribution in [-0.4, -0.2) is 37.4 Å². The summed E-state index contributed by atoms with van der Waals surface area (Å²) in [5.74, 6) is 10.9. The summed E-state index contributed by atoms with van der Waals surface area (Å²) >= 11 is 0. The Kier molecular flexibility index (Phi) is 2.57. The van der Waals surface area contributed by atoms with Crippen molar-refractivity contribution in [3.05, 3.63) is 48.6 Å². The molecule has 20 rings (SSSR count). The summed E-state index contributed by atoms with van der Waals surface area (Å²) in [7, 11) is 3.68. The predicted molar refractivity (Wildman–Crippen MR) is 202 cm³/mol. The van der Waals surface area contributed by atoms with Gasteiger partial charge in [-0.25, -0.2) is 0 Å². The molecule has 18 fully saturated rings. The molecule has 8 saturated carbocycles. The molecule has 1 spiro atoms. The maximum absolute atomic E-state index is 5.33. The van der Waals surface area contributed by atoms with Crippen molar-refractivity contribution < 1.29 is 6.51 Å². The fourth-order valence-corrected chi connectivity index (χ4v) is 126. The topological polar surface area (TPSA) is 51.6 Å². The number of nitrogens with zero attached hydrogens (tertiary/aromatic N) is 4. The van der Waals surface area contributed by atoms with E-state index in [2.05, 4.69) is 66.9 Å². The van der Waals surface area contributed by atoms with Crippen LogP contribution in [0.5, 0.6) is 0 Å². The average molecular weight is 759 g/mol. The van der Waals surface area contributed by atoms with Gasteiger partial charge in [0.05, 0.1) is 0 Å². The molecule has 51 heavy (non-hydrogen) atoms. The van der Waals surface area contributed by atoms with E-state index in [4.69, 9.17) is 19.9 Å². The average Bonchev–Trinajstić information content (AvgIpc) is 4.06. The van der Waals surface area contributed by atoms with E-state index in [1.165, 1.54) is 28.9 Å². The van der Waals surface area contributed by atoms with Crippen LogP contribution in [0.2, 0.25) is 46.7 Å². The number of hydrogen-bond acceptors (Lipinski definition) is 4. The fourth-order valence-electron chi connectivity index (χ4n) is 32.0. The van der Waals surface area contributed by atoms with Gasteiger partial charge in [-0.05, 0) is 0 Å². The van der Waals surface area contributed by atoms with Gasteiger partial charge in [-0.15, -0.1) is 0 Å². The van der Waals surface area contributed by atoms with E-state index < -0.39 is 6.51 Å². The van der Waals surface area contributed by atoms with Crippen molar-refractivity contribution >= 4 is 17.2 Å². The van der Waals surface area contributed by atoms with Crippen molar-refractivity contribution in [2.24, 2.45) is 52.8 Å². The molecule has 0 aromatic carbocycles. The quantitative estimate of drug-likeness (QED) is 0.208. The van der Waals surface area contributed by atoms with E-state index in [1.807, 2.05) is 0 Å². The van der Waals surface area contributed by atoms with Gasteiger partial charge in [-0.3, -0.25) is 0 Å². The summed E-state index contributed by atoms with van der Waals surface area (Å²) in [5, 5.41) is -0.312. The van der Waals surface area contributed by atoms with Crippen molar-refractivity contribution in [2.45, 2.75) is 148 Å².